The maximum Gasteiger partial charge on any atom is 0.127 e. The van der Waals surface area contributed by atoms with E-state index >= 15 is 0 Å². The van der Waals surface area contributed by atoms with E-state index in [2.05, 4.69) is 50.0 Å². The molecule has 1 aromatic heterocycles. The van der Waals surface area contributed by atoms with Crippen molar-refractivity contribution in [3.05, 3.63) is 52.4 Å². The van der Waals surface area contributed by atoms with Crippen LogP contribution in [0.25, 0.3) is 0 Å². The van der Waals surface area contributed by atoms with Crippen molar-refractivity contribution in [1.29, 1.82) is 0 Å². The zero-order chi connectivity index (χ0) is 14.3. The Kier molecular flexibility index (Phi) is 3.30. The van der Waals surface area contributed by atoms with Crippen LogP contribution < -0.4 is 10.2 Å². The molecule has 20 heavy (non-hydrogen) atoms. The molecule has 2 aromatic rings. The summed E-state index contributed by atoms with van der Waals surface area (Å²) in [5.41, 5.74) is 8.64. The molecule has 1 unspecified atom stereocenters. The van der Waals surface area contributed by atoms with Gasteiger partial charge >= 0.3 is 0 Å². The Morgan fingerprint density at radius 1 is 1.20 bits per heavy atom. The number of nitrogens with two attached hydrogens (primary N) is 1. The molecule has 1 aliphatic heterocycles. The molecule has 0 spiro atoms. The lowest BCUT2D eigenvalue weighted by Crippen LogP contribution is -2.35. The van der Waals surface area contributed by atoms with Crippen molar-refractivity contribution in [1.82, 2.24) is 0 Å². The van der Waals surface area contributed by atoms with E-state index < -0.39 is 8.07 Å². The van der Waals surface area contributed by atoms with Gasteiger partial charge in [0.15, 0.2) is 0 Å². The number of hydrogen-bond donors (Lipinski definition) is 1. The summed E-state index contributed by atoms with van der Waals surface area (Å²) in [6.07, 6.45) is 0.981. The second-order valence-electron chi connectivity index (χ2n) is 6.34. The van der Waals surface area contributed by atoms with Gasteiger partial charge in [-0.25, -0.2) is 0 Å². The van der Waals surface area contributed by atoms with Crippen molar-refractivity contribution in [3.8, 4) is 0 Å². The molecule has 0 bridgehead atoms. The fourth-order valence-corrected chi connectivity index (χ4v) is 5.62. The van der Waals surface area contributed by atoms with Crippen molar-refractivity contribution in [2.45, 2.75) is 32.1 Å². The predicted molar refractivity (Wildman–Crippen MR) is 90.9 cm³/mol. The first-order valence-electron chi connectivity index (χ1n) is 6.97. The molecule has 0 saturated heterocycles. The Bertz CT molecular complexity index is 653. The molecule has 2 heterocycles. The summed E-state index contributed by atoms with van der Waals surface area (Å²) in [6.45, 7) is 7.14. The number of benzene rings is 1. The first kappa shape index (κ1) is 13.6. The van der Waals surface area contributed by atoms with E-state index in [1.54, 1.807) is 0 Å². The Labute approximate surface area is 125 Å². The summed E-state index contributed by atoms with van der Waals surface area (Å²) in [6, 6.07) is 12.9. The van der Waals surface area contributed by atoms with E-state index in [0.717, 1.165) is 6.42 Å². The largest absolute Gasteiger partial charge is 0.383 e. The third-order valence-corrected chi connectivity index (χ3v) is 8.42. The van der Waals surface area contributed by atoms with Gasteiger partial charge in [-0.2, -0.15) is 0 Å². The van der Waals surface area contributed by atoms with E-state index in [-0.39, 0.29) is 6.04 Å². The van der Waals surface area contributed by atoms with Crippen LogP contribution in [0.5, 0.6) is 0 Å². The number of thiophene rings is 1. The quantitative estimate of drug-likeness (QED) is 0.849. The molecule has 1 atom stereocenters. The van der Waals surface area contributed by atoms with Crippen LogP contribution in [0.1, 0.15) is 22.0 Å². The molecule has 0 amide bonds. The molecule has 0 fully saturated rings. The molecule has 0 saturated carbocycles. The molecule has 3 rings (SSSR count). The van der Waals surface area contributed by atoms with Gasteiger partial charge in [-0.15, -0.1) is 11.3 Å². The van der Waals surface area contributed by atoms with E-state index in [9.17, 15) is 0 Å². The summed E-state index contributed by atoms with van der Waals surface area (Å²) in [4.78, 5) is 6.11. The maximum atomic E-state index is 6.20. The average molecular weight is 301 g/mol. The third-order valence-electron chi connectivity index (χ3n) is 3.68. The minimum Gasteiger partial charge on any atom is -0.383 e. The van der Waals surface area contributed by atoms with Crippen molar-refractivity contribution in [2.75, 3.05) is 0 Å². The number of hydrogen-bond acceptors (Lipinski definition) is 3. The van der Waals surface area contributed by atoms with Crippen LogP contribution >= 0.6 is 11.3 Å². The van der Waals surface area contributed by atoms with Gasteiger partial charge in [-0.3, -0.25) is 4.99 Å². The van der Waals surface area contributed by atoms with Gasteiger partial charge < -0.3 is 5.73 Å². The highest BCUT2D eigenvalue weighted by atomic mass is 32.1. The smallest absolute Gasteiger partial charge is 0.127 e. The zero-order valence-electron chi connectivity index (χ0n) is 12.2. The molecular weight excluding hydrogens is 280 g/mol. The number of nitrogens with zero attached hydrogens (tertiary/aromatic N) is 1. The summed E-state index contributed by atoms with van der Waals surface area (Å²) in [5, 5.41) is 0. The fraction of sp³-hybridized carbons (Fsp3) is 0.312. The van der Waals surface area contributed by atoms with Crippen LogP contribution in [0.2, 0.25) is 19.6 Å². The maximum absolute atomic E-state index is 6.20. The third kappa shape index (κ3) is 2.45. The first-order chi connectivity index (χ1) is 9.45. The van der Waals surface area contributed by atoms with E-state index in [1.807, 2.05) is 17.4 Å². The molecule has 2 nitrogen and oxygen atoms in total. The molecule has 0 aliphatic carbocycles. The van der Waals surface area contributed by atoms with Gasteiger partial charge in [0.2, 0.25) is 0 Å². The zero-order valence-corrected chi connectivity index (χ0v) is 14.0. The van der Waals surface area contributed by atoms with Gasteiger partial charge in [-0.1, -0.05) is 50.0 Å². The van der Waals surface area contributed by atoms with Crippen LogP contribution in [0, 0.1) is 0 Å². The molecule has 2 N–H and O–H groups in total. The Morgan fingerprint density at radius 2 is 1.90 bits per heavy atom. The van der Waals surface area contributed by atoms with Crippen LogP contribution in [0.15, 0.2) is 41.4 Å². The van der Waals surface area contributed by atoms with Crippen molar-refractivity contribution >= 4 is 29.7 Å². The molecule has 104 valence electrons. The van der Waals surface area contributed by atoms with E-state index in [0.29, 0.717) is 5.84 Å². The summed E-state index contributed by atoms with van der Waals surface area (Å²) in [5.74, 6) is 0.709. The normalized spacial score (nSPS) is 18.6. The van der Waals surface area contributed by atoms with Gasteiger partial charge in [0.1, 0.15) is 5.84 Å². The van der Waals surface area contributed by atoms with Crippen LogP contribution in [-0.2, 0) is 6.42 Å². The lowest BCUT2D eigenvalue weighted by atomic mass is 9.99. The Hall–Kier alpha value is -1.39. The predicted octanol–water partition coefficient (Wildman–Crippen LogP) is 3.30. The average Bonchev–Trinajstić information content (AvgIpc) is 2.84. The minimum atomic E-state index is -1.27. The molecule has 1 aromatic carbocycles. The second kappa shape index (κ2) is 4.86. The van der Waals surface area contributed by atoms with Gasteiger partial charge in [0.25, 0.3) is 0 Å². The van der Waals surface area contributed by atoms with Crippen LogP contribution in [0.3, 0.4) is 0 Å². The molecule has 0 radical (unpaired) electrons. The number of amidine groups is 1. The Morgan fingerprint density at radius 3 is 2.55 bits per heavy atom. The van der Waals surface area contributed by atoms with Gasteiger partial charge in [0, 0.05) is 16.9 Å². The van der Waals surface area contributed by atoms with Crippen molar-refractivity contribution in [2.24, 2.45) is 10.7 Å². The SMILES string of the molecule is C[Si](C)(C)c1cc2c(s1)CC(c1ccccc1)N=C2N. The second-order valence-corrected chi connectivity index (χ2v) is 12.9. The lowest BCUT2D eigenvalue weighted by Gasteiger charge is -2.19. The number of fused-ring (bicyclic) bond motifs is 1. The minimum absolute atomic E-state index is 0.178. The highest BCUT2D eigenvalue weighted by Crippen LogP contribution is 2.31. The van der Waals surface area contributed by atoms with Crippen molar-refractivity contribution in [3.63, 3.8) is 0 Å². The van der Waals surface area contributed by atoms with Gasteiger partial charge in [-0.05, 0) is 16.1 Å². The molecule has 4 heteroatoms. The Balaban J connectivity index is 1.98. The van der Waals surface area contributed by atoms with E-state index in [4.69, 9.17) is 10.7 Å². The lowest BCUT2D eigenvalue weighted by molar-refractivity contribution is 0.719. The van der Waals surface area contributed by atoms with Gasteiger partial charge in [0.05, 0.1) is 14.1 Å². The summed E-state index contributed by atoms with van der Waals surface area (Å²) >= 11 is 1.95. The monoisotopic (exact) mass is 300 g/mol. The van der Waals surface area contributed by atoms with Crippen molar-refractivity contribution < 1.29 is 0 Å². The number of rotatable bonds is 2. The summed E-state index contributed by atoms with van der Waals surface area (Å²) < 4.78 is 1.52. The summed E-state index contributed by atoms with van der Waals surface area (Å²) in [7, 11) is -1.27. The molecule has 1 aliphatic rings. The number of aliphatic imine (C=N–C) groups is 1. The highest BCUT2D eigenvalue weighted by Gasteiger charge is 2.27. The first-order valence-corrected chi connectivity index (χ1v) is 11.3. The standard InChI is InChI=1S/C16H20N2SSi/c1-20(2,3)15-9-12-14(19-15)10-13(18-16(12)17)11-7-5-4-6-8-11/h4-9,13H,10H2,1-3H3,(H2,17,18). The molecular formula is C16H20N2SSi. The van der Waals surface area contributed by atoms with E-state index in [1.165, 1.54) is 20.5 Å². The fourth-order valence-electron chi connectivity index (χ4n) is 2.49. The van der Waals surface area contributed by atoms with Crippen LogP contribution in [0.4, 0.5) is 0 Å². The van der Waals surface area contributed by atoms with Crippen LogP contribution in [-0.4, -0.2) is 13.9 Å². The highest BCUT2D eigenvalue weighted by molar-refractivity contribution is 7.26. The topological polar surface area (TPSA) is 38.4 Å².